The molecule has 118 valence electrons. The zero-order chi connectivity index (χ0) is 15.5. The molecule has 0 spiro atoms. The number of aryl methyl sites for hydroxylation is 1. The summed E-state index contributed by atoms with van der Waals surface area (Å²) in [4.78, 5) is 32.6. The molecule has 0 aromatic carbocycles. The summed E-state index contributed by atoms with van der Waals surface area (Å²) in [5, 5.41) is 0. The van der Waals surface area contributed by atoms with Gasteiger partial charge < -0.3 is 9.80 Å². The van der Waals surface area contributed by atoms with Crippen LogP contribution in [-0.4, -0.2) is 52.8 Å². The van der Waals surface area contributed by atoms with Crippen molar-refractivity contribution in [2.24, 2.45) is 5.92 Å². The zero-order valence-corrected chi connectivity index (χ0v) is 13.1. The lowest BCUT2D eigenvalue weighted by Crippen LogP contribution is -2.56. The van der Waals surface area contributed by atoms with E-state index in [1.807, 2.05) is 17.9 Å². The van der Waals surface area contributed by atoms with Crippen molar-refractivity contribution in [1.82, 2.24) is 14.8 Å². The molecule has 0 N–H and O–H groups in total. The zero-order valence-electron chi connectivity index (χ0n) is 13.1. The molecule has 1 aromatic rings. The maximum atomic E-state index is 12.5. The minimum Gasteiger partial charge on any atom is -0.342 e. The van der Waals surface area contributed by atoms with Gasteiger partial charge in [-0.1, -0.05) is 12.8 Å². The van der Waals surface area contributed by atoms with Gasteiger partial charge in [-0.2, -0.15) is 0 Å². The molecule has 3 heterocycles. The fourth-order valence-corrected chi connectivity index (χ4v) is 3.13. The predicted octanol–water partition coefficient (Wildman–Crippen LogP) is 1.86. The van der Waals surface area contributed by atoms with Crippen LogP contribution in [0.1, 0.15) is 41.7 Å². The fraction of sp³-hybridized carbons (Fsp3) is 0.588. The summed E-state index contributed by atoms with van der Waals surface area (Å²) in [5.41, 5.74) is 1.50. The molecule has 5 nitrogen and oxygen atoms in total. The average molecular weight is 301 g/mol. The summed E-state index contributed by atoms with van der Waals surface area (Å²) < 4.78 is 0. The van der Waals surface area contributed by atoms with Crippen LogP contribution in [0.4, 0.5) is 0 Å². The molecule has 2 aliphatic heterocycles. The first-order valence-electron chi connectivity index (χ1n) is 8.16. The van der Waals surface area contributed by atoms with E-state index in [1.165, 1.54) is 12.8 Å². The van der Waals surface area contributed by atoms with Crippen molar-refractivity contribution in [2.75, 3.05) is 26.2 Å². The van der Waals surface area contributed by atoms with Gasteiger partial charge in [0.2, 0.25) is 5.91 Å². The van der Waals surface area contributed by atoms with Gasteiger partial charge in [0.15, 0.2) is 0 Å². The molecule has 22 heavy (non-hydrogen) atoms. The average Bonchev–Trinajstić information content (AvgIpc) is 2.75. The molecule has 0 aliphatic carbocycles. The molecule has 0 saturated carbocycles. The van der Waals surface area contributed by atoms with Gasteiger partial charge in [-0.05, 0) is 31.9 Å². The van der Waals surface area contributed by atoms with Crippen molar-refractivity contribution in [1.29, 1.82) is 0 Å². The Hall–Kier alpha value is -1.91. The van der Waals surface area contributed by atoms with Gasteiger partial charge in [-0.25, -0.2) is 0 Å². The SMILES string of the molecule is Cc1ccc(C(=O)N2CC(C(=O)N3CCCCCC3)C2)cn1. The smallest absolute Gasteiger partial charge is 0.255 e. The number of pyridine rings is 1. The first kappa shape index (κ1) is 15.0. The van der Waals surface area contributed by atoms with E-state index in [-0.39, 0.29) is 17.7 Å². The van der Waals surface area contributed by atoms with Gasteiger partial charge in [0.05, 0.1) is 11.5 Å². The van der Waals surface area contributed by atoms with E-state index >= 15 is 0 Å². The Morgan fingerprint density at radius 3 is 2.32 bits per heavy atom. The lowest BCUT2D eigenvalue weighted by Gasteiger charge is -2.40. The quantitative estimate of drug-likeness (QED) is 0.838. The van der Waals surface area contributed by atoms with E-state index in [9.17, 15) is 9.59 Å². The van der Waals surface area contributed by atoms with Crippen molar-refractivity contribution in [3.05, 3.63) is 29.6 Å². The van der Waals surface area contributed by atoms with Gasteiger partial charge in [0.25, 0.3) is 5.91 Å². The second kappa shape index (κ2) is 6.46. The minimum atomic E-state index is -0.0209. The summed E-state index contributed by atoms with van der Waals surface area (Å²) in [6.45, 7) is 4.74. The number of amides is 2. The number of aromatic nitrogens is 1. The molecule has 2 fully saturated rings. The first-order valence-corrected chi connectivity index (χ1v) is 8.16. The van der Waals surface area contributed by atoms with E-state index in [0.717, 1.165) is 31.6 Å². The molecule has 2 aliphatic rings. The highest BCUT2D eigenvalue weighted by molar-refractivity contribution is 5.95. The Morgan fingerprint density at radius 2 is 1.73 bits per heavy atom. The van der Waals surface area contributed by atoms with Crippen LogP contribution in [-0.2, 0) is 4.79 Å². The van der Waals surface area contributed by atoms with Gasteiger partial charge in [-0.15, -0.1) is 0 Å². The summed E-state index contributed by atoms with van der Waals surface area (Å²) >= 11 is 0. The van der Waals surface area contributed by atoms with Crippen LogP contribution in [0.2, 0.25) is 0 Å². The van der Waals surface area contributed by atoms with Crippen molar-refractivity contribution >= 4 is 11.8 Å². The Kier molecular flexibility index (Phi) is 4.41. The normalized spacial score (nSPS) is 19.5. The molecule has 0 bridgehead atoms. The molecule has 1 aromatic heterocycles. The highest BCUT2D eigenvalue weighted by atomic mass is 16.2. The number of carbonyl (C=O) groups excluding carboxylic acids is 2. The molecule has 0 atom stereocenters. The Morgan fingerprint density at radius 1 is 1.05 bits per heavy atom. The number of hydrogen-bond donors (Lipinski definition) is 0. The Balaban J connectivity index is 1.53. The number of rotatable bonds is 2. The summed E-state index contributed by atoms with van der Waals surface area (Å²) in [6, 6.07) is 3.64. The highest BCUT2D eigenvalue weighted by Gasteiger charge is 2.38. The van der Waals surface area contributed by atoms with Crippen molar-refractivity contribution in [3.8, 4) is 0 Å². The van der Waals surface area contributed by atoms with Crippen LogP contribution >= 0.6 is 0 Å². The number of hydrogen-bond acceptors (Lipinski definition) is 3. The number of likely N-dealkylation sites (tertiary alicyclic amines) is 2. The van der Waals surface area contributed by atoms with Crippen LogP contribution < -0.4 is 0 Å². The van der Waals surface area contributed by atoms with Crippen LogP contribution in [0.3, 0.4) is 0 Å². The number of nitrogens with zero attached hydrogens (tertiary/aromatic N) is 3. The van der Waals surface area contributed by atoms with Crippen LogP contribution in [0.15, 0.2) is 18.3 Å². The molecule has 2 saturated heterocycles. The standard InChI is InChI=1S/C17H23N3O2/c1-13-6-7-14(10-18-13)16(21)20-11-15(12-20)17(22)19-8-4-2-3-5-9-19/h6-7,10,15H,2-5,8-9,11-12H2,1H3. The summed E-state index contributed by atoms with van der Waals surface area (Å²) in [6.07, 6.45) is 6.27. The Labute approximate surface area is 131 Å². The molecular weight excluding hydrogens is 278 g/mol. The molecule has 0 radical (unpaired) electrons. The van der Waals surface area contributed by atoms with Gasteiger partial charge in [-0.3, -0.25) is 14.6 Å². The third-order valence-corrected chi connectivity index (χ3v) is 4.59. The van der Waals surface area contributed by atoms with Crippen LogP contribution in [0.25, 0.3) is 0 Å². The predicted molar refractivity (Wildman–Crippen MR) is 83.4 cm³/mol. The largest absolute Gasteiger partial charge is 0.342 e. The van der Waals surface area contributed by atoms with E-state index in [1.54, 1.807) is 17.2 Å². The molecule has 5 heteroatoms. The molecular formula is C17H23N3O2. The van der Waals surface area contributed by atoms with Gasteiger partial charge in [0.1, 0.15) is 0 Å². The second-order valence-electron chi connectivity index (χ2n) is 6.33. The maximum absolute atomic E-state index is 12.5. The third-order valence-electron chi connectivity index (χ3n) is 4.59. The summed E-state index contributed by atoms with van der Waals surface area (Å²) in [7, 11) is 0. The second-order valence-corrected chi connectivity index (χ2v) is 6.33. The maximum Gasteiger partial charge on any atom is 0.255 e. The van der Waals surface area contributed by atoms with E-state index in [4.69, 9.17) is 0 Å². The molecule has 2 amide bonds. The monoisotopic (exact) mass is 301 g/mol. The summed E-state index contributed by atoms with van der Waals surface area (Å²) in [5.74, 6) is 0.195. The van der Waals surface area contributed by atoms with Crippen molar-refractivity contribution < 1.29 is 9.59 Å². The van der Waals surface area contributed by atoms with E-state index < -0.39 is 0 Å². The van der Waals surface area contributed by atoms with Crippen molar-refractivity contribution in [2.45, 2.75) is 32.6 Å². The van der Waals surface area contributed by atoms with E-state index in [0.29, 0.717) is 18.7 Å². The lowest BCUT2D eigenvalue weighted by molar-refractivity contribution is -0.139. The van der Waals surface area contributed by atoms with Crippen LogP contribution in [0, 0.1) is 12.8 Å². The van der Waals surface area contributed by atoms with Gasteiger partial charge >= 0.3 is 0 Å². The van der Waals surface area contributed by atoms with E-state index in [2.05, 4.69) is 4.98 Å². The van der Waals surface area contributed by atoms with Crippen molar-refractivity contribution in [3.63, 3.8) is 0 Å². The lowest BCUT2D eigenvalue weighted by atomic mass is 9.97. The minimum absolute atomic E-state index is 0.0135. The molecule has 0 unspecified atom stereocenters. The Bertz CT molecular complexity index is 542. The number of carbonyl (C=O) groups is 2. The fourth-order valence-electron chi connectivity index (χ4n) is 3.13. The van der Waals surface area contributed by atoms with Gasteiger partial charge in [0, 0.05) is 38.1 Å². The topological polar surface area (TPSA) is 53.5 Å². The molecule has 3 rings (SSSR count). The van der Waals surface area contributed by atoms with Crippen LogP contribution in [0.5, 0.6) is 0 Å². The first-order chi connectivity index (χ1) is 10.6. The highest BCUT2D eigenvalue weighted by Crippen LogP contribution is 2.22. The third kappa shape index (κ3) is 3.13.